The zero-order valence-electron chi connectivity index (χ0n) is 11.2. The Morgan fingerprint density at radius 1 is 1.28 bits per heavy atom. The lowest BCUT2D eigenvalue weighted by Gasteiger charge is -2.40. The van der Waals surface area contributed by atoms with Crippen molar-refractivity contribution in [1.29, 1.82) is 0 Å². The van der Waals surface area contributed by atoms with E-state index in [1.165, 1.54) is 6.42 Å². The van der Waals surface area contributed by atoms with Gasteiger partial charge in [-0.1, -0.05) is 19.3 Å². The van der Waals surface area contributed by atoms with Crippen LogP contribution in [0.25, 0.3) is 0 Å². The second kappa shape index (κ2) is 6.73. The van der Waals surface area contributed by atoms with Gasteiger partial charge in [0.05, 0.1) is 11.6 Å². The summed E-state index contributed by atoms with van der Waals surface area (Å²) in [5, 5.41) is 0. The van der Waals surface area contributed by atoms with Crippen molar-refractivity contribution in [2.75, 3.05) is 20.2 Å². The molecule has 1 aliphatic heterocycles. The molecule has 1 unspecified atom stereocenters. The topological polar surface area (TPSA) is 55.6 Å². The maximum absolute atomic E-state index is 12.5. The fourth-order valence-corrected chi connectivity index (χ4v) is 3.03. The van der Waals surface area contributed by atoms with Crippen LogP contribution in [0.15, 0.2) is 0 Å². The third-order valence-corrected chi connectivity index (χ3v) is 4.17. The molecule has 1 saturated carbocycles. The van der Waals surface area contributed by atoms with E-state index in [0.29, 0.717) is 6.54 Å². The number of nitrogens with two attached hydrogens (primary N) is 1. The van der Waals surface area contributed by atoms with Crippen molar-refractivity contribution in [1.82, 2.24) is 4.90 Å². The Labute approximate surface area is 116 Å². The number of amides is 1. The minimum atomic E-state index is -0.589. The number of likely N-dealkylation sites (tertiary alicyclic amines) is 1. The second-order valence-corrected chi connectivity index (χ2v) is 5.47. The molecule has 18 heavy (non-hydrogen) atoms. The summed E-state index contributed by atoms with van der Waals surface area (Å²) >= 11 is 0. The Kier molecular flexibility index (Phi) is 5.89. The molecule has 0 aromatic rings. The van der Waals surface area contributed by atoms with Crippen molar-refractivity contribution >= 4 is 18.3 Å². The Balaban J connectivity index is 0.00000162. The number of nitrogens with zero attached hydrogens (tertiary/aromatic N) is 1. The third kappa shape index (κ3) is 3.37. The van der Waals surface area contributed by atoms with Gasteiger partial charge in [0.25, 0.3) is 0 Å². The average molecular weight is 277 g/mol. The normalized spacial score (nSPS) is 27.4. The van der Waals surface area contributed by atoms with Crippen LogP contribution in [0.3, 0.4) is 0 Å². The quantitative estimate of drug-likeness (QED) is 0.835. The number of hydrogen-bond acceptors (Lipinski definition) is 3. The number of hydrogen-bond donors (Lipinski definition) is 1. The number of piperidine rings is 1. The zero-order valence-corrected chi connectivity index (χ0v) is 12.0. The minimum Gasteiger partial charge on any atom is -0.380 e. The predicted octanol–water partition coefficient (Wildman–Crippen LogP) is 1.71. The van der Waals surface area contributed by atoms with E-state index in [1.54, 1.807) is 7.11 Å². The van der Waals surface area contributed by atoms with E-state index < -0.39 is 5.54 Å². The first-order valence-corrected chi connectivity index (χ1v) is 6.77. The first kappa shape index (κ1) is 15.7. The van der Waals surface area contributed by atoms with Crippen LogP contribution in [0.1, 0.15) is 44.9 Å². The van der Waals surface area contributed by atoms with E-state index in [2.05, 4.69) is 0 Å². The molecule has 2 fully saturated rings. The Morgan fingerprint density at radius 2 is 1.94 bits per heavy atom. The van der Waals surface area contributed by atoms with Gasteiger partial charge in [0.1, 0.15) is 0 Å². The molecule has 1 atom stereocenters. The van der Waals surface area contributed by atoms with Crippen molar-refractivity contribution in [2.45, 2.75) is 56.6 Å². The van der Waals surface area contributed by atoms with Crippen LogP contribution < -0.4 is 5.73 Å². The fraction of sp³-hybridized carbons (Fsp3) is 0.923. The lowest BCUT2D eigenvalue weighted by Crippen LogP contribution is -2.58. The van der Waals surface area contributed by atoms with E-state index in [9.17, 15) is 4.79 Å². The van der Waals surface area contributed by atoms with Crippen molar-refractivity contribution in [2.24, 2.45) is 5.73 Å². The maximum Gasteiger partial charge on any atom is 0.242 e. The van der Waals surface area contributed by atoms with E-state index in [4.69, 9.17) is 10.5 Å². The monoisotopic (exact) mass is 276 g/mol. The van der Waals surface area contributed by atoms with Gasteiger partial charge < -0.3 is 15.4 Å². The Bertz CT molecular complexity index is 280. The summed E-state index contributed by atoms with van der Waals surface area (Å²) in [6, 6.07) is 0. The largest absolute Gasteiger partial charge is 0.380 e. The summed E-state index contributed by atoms with van der Waals surface area (Å²) in [6.45, 7) is 1.56. The molecule has 0 radical (unpaired) electrons. The van der Waals surface area contributed by atoms with Gasteiger partial charge in [0.2, 0.25) is 5.91 Å². The predicted molar refractivity (Wildman–Crippen MR) is 73.9 cm³/mol. The molecule has 0 aromatic carbocycles. The highest BCUT2D eigenvalue weighted by atomic mass is 35.5. The van der Waals surface area contributed by atoms with Gasteiger partial charge in [0, 0.05) is 20.2 Å². The van der Waals surface area contributed by atoms with Crippen LogP contribution >= 0.6 is 12.4 Å². The molecular formula is C13H25ClN2O2. The van der Waals surface area contributed by atoms with Crippen molar-refractivity contribution in [3.8, 4) is 0 Å². The lowest BCUT2D eigenvalue weighted by molar-refractivity contribution is -0.141. The van der Waals surface area contributed by atoms with E-state index >= 15 is 0 Å². The van der Waals surface area contributed by atoms with Gasteiger partial charge in [-0.3, -0.25) is 4.79 Å². The number of halogens is 1. The molecule has 4 nitrogen and oxygen atoms in total. The first-order chi connectivity index (χ1) is 8.15. The number of ether oxygens (including phenoxy) is 1. The zero-order chi connectivity index (χ0) is 12.3. The van der Waals surface area contributed by atoms with Gasteiger partial charge in [0.15, 0.2) is 0 Å². The molecule has 0 aromatic heterocycles. The highest BCUT2D eigenvalue weighted by Crippen LogP contribution is 2.28. The van der Waals surface area contributed by atoms with Crippen molar-refractivity contribution in [3.63, 3.8) is 0 Å². The first-order valence-electron chi connectivity index (χ1n) is 6.77. The van der Waals surface area contributed by atoms with Crippen LogP contribution in [0.5, 0.6) is 0 Å². The molecule has 1 aliphatic carbocycles. The van der Waals surface area contributed by atoms with E-state index in [1.807, 2.05) is 4.90 Å². The summed E-state index contributed by atoms with van der Waals surface area (Å²) < 4.78 is 5.36. The molecular weight excluding hydrogens is 252 g/mol. The van der Waals surface area contributed by atoms with Crippen LogP contribution in [0.4, 0.5) is 0 Å². The van der Waals surface area contributed by atoms with Gasteiger partial charge in [-0.2, -0.15) is 0 Å². The Morgan fingerprint density at radius 3 is 2.56 bits per heavy atom. The molecule has 1 amide bonds. The van der Waals surface area contributed by atoms with Crippen LogP contribution in [0.2, 0.25) is 0 Å². The highest BCUT2D eigenvalue weighted by Gasteiger charge is 2.39. The summed E-state index contributed by atoms with van der Waals surface area (Å²) in [6.07, 6.45) is 7.36. The van der Waals surface area contributed by atoms with E-state index in [0.717, 1.165) is 45.1 Å². The van der Waals surface area contributed by atoms with Crippen LogP contribution in [-0.2, 0) is 9.53 Å². The molecule has 0 bridgehead atoms. The number of carbonyl (C=O) groups excluding carboxylic acids is 1. The van der Waals surface area contributed by atoms with Crippen molar-refractivity contribution in [3.05, 3.63) is 0 Å². The Hall–Kier alpha value is -0.320. The summed E-state index contributed by atoms with van der Waals surface area (Å²) in [4.78, 5) is 14.4. The van der Waals surface area contributed by atoms with Crippen molar-refractivity contribution < 1.29 is 9.53 Å². The summed E-state index contributed by atoms with van der Waals surface area (Å²) in [5.41, 5.74) is 5.70. The fourth-order valence-electron chi connectivity index (χ4n) is 3.03. The van der Waals surface area contributed by atoms with E-state index in [-0.39, 0.29) is 24.4 Å². The van der Waals surface area contributed by atoms with Gasteiger partial charge in [-0.05, 0) is 25.7 Å². The lowest BCUT2D eigenvalue weighted by atomic mass is 9.81. The average Bonchev–Trinajstić information content (AvgIpc) is 2.39. The molecule has 1 heterocycles. The molecule has 1 saturated heterocycles. The minimum absolute atomic E-state index is 0. The third-order valence-electron chi connectivity index (χ3n) is 4.17. The highest BCUT2D eigenvalue weighted by molar-refractivity contribution is 5.86. The number of rotatable bonds is 2. The second-order valence-electron chi connectivity index (χ2n) is 5.47. The van der Waals surface area contributed by atoms with Crippen LogP contribution in [-0.4, -0.2) is 42.6 Å². The standard InChI is InChI=1S/C13H24N2O2.ClH/c1-17-11-6-5-9-15(10-11)12(16)13(14)7-3-2-4-8-13;/h11H,2-10,14H2,1H3;1H. The smallest absolute Gasteiger partial charge is 0.242 e. The van der Waals surface area contributed by atoms with Gasteiger partial charge in [-0.15, -0.1) is 12.4 Å². The molecule has 2 rings (SSSR count). The summed E-state index contributed by atoms with van der Waals surface area (Å²) in [7, 11) is 1.72. The van der Waals surface area contributed by atoms with Gasteiger partial charge in [-0.25, -0.2) is 0 Å². The number of methoxy groups -OCH3 is 1. The molecule has 106 valence electrons. The number of carbonyl (C=O) groups is 1. The van der Waals surface area contributed by atoms with Crippen LogP contribution in [0, 0.1) is 0 Å². The molecule has 5 heteroatoms. The molecule has 2 aliphatic rings. The molecule has 0 spiro atoms. The SMILES string of the molecule is COC1CCCN(C(=O)C2(N)CCCCC2)C1.Cl. The molecule has 2 N–H and O–H groups in total. The van der Waals surface area contributed by atoms with Gasteiger partial charge >= 0.3 is 0 Å². The summed E-state index contributed by atoms with van der Waals surface area (Å²) in [5.74, 6) is 0.152. The maximum atomic E-state index is 12.5.